The zero-order chi connectivity index (χ0) is 16.4. The maximum atomic E-state index is 12.3. The van der Waals surface area contributed by atoms with E-state index >= 15 is 0 Å². The lowest BCUT2D eigenvalue weighted by atomic mass is 9.81. The lowest BCUT2D eigenvalue weighted by molar-refractivity contribution is -0.142. The van der Waals surface area contributed by atoms with Crippen LogP contribution in [-0.2, 0) is 20.8 Å². The van der Waals surface area contributed by atoms with Crippen LogP contribution in [0.15, 0.2) is 24.3 Å². The molecule has 3 amide bonds. The number of nitrogens with zero attached hydrogens (tertiary/aromatic N) is 1. The molecule has 1 saturated carbocycles. The summed E-state index contributed by atoms with van der Waals surface area (Å²) in [6, 6.07) is 7.58. The van der Waals surface area contributed by atoms with Crippen molar-refractivity contribution in [3.8, 4) is 0 Å². The molecule has 1 heterocycles. The standard InChI is InChI=1S/C18H22N2O3/c1-2-12-7-9-13(10-8-12)19-16(21)11-20-17(22)14-5-3-4-6-15(14)18(20)23/h7-10,14-15H,2-6,11H2,1H3,(H,19,21)/t14-,15+. The van der Waals surface area contributed by atoms with Crippen LogP contribution in [0.3, 0.4) is 0 Å². The van der Waals surface area contributed by atoms with Crippen LogP contribution >= 0.6 is 0 Å². The summed E-state index contributed by atoms with van der Waals surface area (Å²) in [7, 11) is 0. The Morgan fingerprint density at radius 2 is 1.65 bits per heavy atom. The fraction of sp³-hybridized carbons (Fsp3) is 0.500. The van der Waals surface area contributed by atoms with E-state index in [4.69, 9.17) is 0 Å². The maximum absolute atomic E-state index is 12.3. The molecule has 1 aromatic rings. The summed E-state index contributed by atoms with van der Waals surface area (Å²) >= 11 is 0. The molecule has 1 aromatic carbocycles. The van der Waals surface area contributed by atoms with Gasteiger partial charge in [-0.05, 0) is 37.0 Å². The van der Waals surface area contributed by atoms with Gasteiger partial charge in [0.2, 0.25) is 17.7 Å². The highest BCUT2D eigenvalue weighted by Gasteiger charge is 2.48. The van der Waals surface area contributed by atoms with Crippen molar-refractivity contribution in [1.29, 1.82) is 0 Å². The van der Waals surface area contributed by atoms with Crippen molar-refractivity contribution in [2.24, 2.45) is 11.8 Å². The molecule has 0 bridgehead atoms. The van der Waals surface area contributed by atoms with Gasteiger partial charge in [0.25, 0.3) is 0 Å². The van der Waals surface area contributed by atoms with Gasteiger partial charge in [-0.1, -0.05) is 31.9 Å². The summed E-state index contributed by atoms with van der Waals surface area (Å²) in [4.78, 5) is 38.0. The molecule has 0 aromatic heterocycles. The number of nitrogens with one attached hydrogen (secondary N) is 1. The van der Waals surface area contributed by atoms with Crippen LogP contribution in [0, 0.1) is 11.8 Å². The zero-order valence-corrected chi connectivity index (χ0v) is 13.4. The molecule has 23 heavy (non-hydrogen) atoms. The molecule has 2 aliphatic rings. The number of anilines is 1. The fourth-order valence-corrected chi connectivity index (χ4v) is 3.55. The molecule has 0 radical (unpaired) electrons. The number of fused-ring (bicyclic) bond motifs is 1. The number of rotatable bonds is 4. The highest BCUT2D eigenvalue weighted by Crippen LogP contribution is 2.37. The Labute approximate surface area is 136 Å². The lowest BCUT2D eigenvalue weighted by Gasteiger charge is -2.19. The Morgan fingerprint density at radius 1 is 1.09 bits per heavy atom. The third-order valence-electron chi connectivity index (χ3n) is 4.88. The Bertz CT molecular complexity index is 600. The van der Waals surface area contributed by atoms with Crippen molar-refractivity contribution in [3.63, 3.8) is 0 Å². The van der Waals surface area contributed by atoms with Crippen LogP contribution in [0.25, 0.3) is 0 Å². The van der Waals surface area contributed by atoms with E-state index in [1.165, 1.54) is 5.56 Å². The van der Waals surface area contributed by atoms with Crippen molar-refractivity contribution in [1.82, 2.24) is 4.90 Å². The van der Waals surface area contributed by atoms with E-state index in [9.17, 15) is 14.4 Å². The minimum absolute atomic E-state index is 0.170. The van der Waals surface area contributed by atoms with Crippen LogP contribution in [0.1, 0.15) is 38.2 Å². The summed E-state index contributed by atoms with van der Waals surface area (Å²) in [5.74, 6) is -1.07. The van der Waals surface area contributed by atoms with Gasteiger partial charge in [-0.2, -0.15) is 0 Å². The second-order valence-corrected chi connectivity index (χ2v) is 6.36. The quantitative estimate of drug-likeness (QED) is 0.868. The first-order valence-corrected chi connectivity index (χ1v) is 8.34. The van der Waals surface area contributed by atoms with Crippen molar-refractivity contribution in [3.05, 3.63) is 29.8 Å². The van der Waals surface area contributed by atoms with E-state index in [-0.39, 0.29) is 36.1 Å². The molecule has 1 saturated heterocycles. The number of benzene rings is 1. The maximum Gasteiger partial charge on any atom is 0.244 e. The van der Waals surface area contributed by atoms with E-state index in [2.05, 4.69) is 12.2 Å². The zero-order valence-electron chi connectivity index (χ0n) is 13.4. The second kappa shape index (κ2) is 6.52. The minimum Gasteiger partial charge on any atom is -0.325 e. The summed E-state index contributed by atoms with van der Waals surface area (Å²) in [5, 5.41) is 2.76. The highest BCUT2D eigenvalue weighted by atomic mass is 16.2. The Balaban J connectivity index is 1.63. The van der Waals surface area contributed by atoms with E-state index < -0.39 is 0 Å². The third kappa shape index (κ3) is 3.14. The molecule has 1 aliphatic carbocycles. The summed E-state index contributed by atoms with van der Waals surface area (Å²) < 4.78 is 0. The first-order chi connectivity index (χ1) is 11.1. The van der Waals surface area contributed by atoms with E-state index in [0.29, 0.717) is 5.69 Å². The second-order valence-electron chi connectivity index (χ2n) is 6.36. The number of aryl methyl sites for hydroxylation is 1. The molecular weight excluding hydrogens is 292 g/mol. The molecule has 1 N–H and O–H groups in total. The first kappa shape index (κ1) is 15.7. The summed E-state index contributed by atoms with van der Waals surface area (Å²) in [6.07, 6.45) is 4.46. The number of likely N-dealkylation sites (tertiary alicyclic amines) is 1. The number of carbonyl (C=O) groups is 3. The fourth-order valence-electron chi connectivity index (χ4n) is 3.55. The van der Waals surface area contributed by atoms with Crippen LogP contribution in [0.2, 0.25) is 0 Å². The van der Waals surface area contributed by atoms with Crippen LogP contribution in [0.4, 0.5) is 5.69 Å². The molecule has 3 rings (SSSR count). The van der Waals surface area contributed by atoms with Gasteiger partial charge in [-0.15, -0.1) is 0 Å². The SMILES string of the molecule is CCc1ccc(NC(=O)CN2C(=O)[C@H]3CCCC[C@H]3C2=O)cc1. The molecule has 0 unspecified atom stereocenters. The van der Waals surface area contributed by atoms with Gasteiger partial charge in [0.15, 0.2) is 0 Å². The molecule has 0 spiro atoms. The van der Waals surface area contributed by atoms with Crippen LogP contribution in [-0.4, -0.2) is 29.2 Å². The van der Waals surface area contributed by atoms with Gasteiger partial charge in [0.1, 0.15) is 6.54 Å². The van der Waals surface area contributed by atoms with Gasteiger partial charge < -0.3 is 5.32 Å². The number of carbonyl (C=O) groups excluding carboxylic acids is 3. The number of hydrogen-bond acceptors (Lipinski definition) is 3. The van der Waals surface area contributed by atoms with Gasteiger partial charge in [-0.25, -0.2) is 0 Å². The summed E-state index contributed by atoms with van der Waals surface area (Å²) in [6.45, 7) is 1.89. The largest absolute Gasteiger partial charge is 0.325 e. The van der Waals surface area contributed by atoms with E-state index in [0.717, 1.165) is 37.0 Å². The molecule has 2 atom stereocenters. The first-order valence-electron chi connectivity index (χ1n) is 8.34. The third-order valence-corrected chi connectivity index (χ3v) is 4.88. The van der Waals surface area contributed by atoms with E-state index in [1.807, 2.05) is 24.3 Å². The van der Waals surface area contributed by atoms with Gasteiger partial charge in [0.05, 0.1) is 11.8 Å². The summed E-state index contributed by atoms with van der Waals surface area (Å²) in [5.41, 5.74) is 1.88. The molecule has 122 valence electrons. The van der Waals surface area contributed by atoms with Crippen LogP contribution in [0.5, 0.6) is 0 Å². The number of amides is 3. The van der Waals surface area contributed by atoms with Gasteiger partial charge >= 0.3 is 0 Å². The molecule has 1 aliphatic heterocycles. The predicted molar refractivity (Wildman–Crippen MR) is 86.6 cm³/mol. The van der Waals surface area contributed by atoms with Crippen molar-refractivity contribution in [2.45, 2.75) is 39.0 Å². The smallest absolute Gasteiger partial charge is 0.244 e. The number of imide groups is 1. The lowest BCUT2D eigenvalue weighted by Crippen LogP contribution is -2.38. The molecule has 5 nitrogen and oxygen atoms in total. The van der Waals surface area contributed by atoms with Crippen molar-refractivity contribution >= 4 is 23.4 Å². The minimum atomic E-state index is -0.324. The molecule has 2 fully saturated rings. The van der Waals surface area contributed by atoms with Gasteiger partial charge in [0, 0.05) is 5.69 Å². The predicted octanol–water partition coefficient (Wildman–Crippen LogP) is 2.36. The average molecular weight is 314 g/mol. The monoisotopic (exact) mass is 314 g/mol. The van der Waals surface area contributed by atoms with Crippen LogP contribution < -0.4 is 5.32 Å². The Morgan fingerprint density at radius 3 is 2.17 bits per heavy atom. The Hall–Kier alpha value is -2.17. The number of hydrogen-bond donors (Lipinski definition) is 1. The van der Waals surface area contributed by atoms with Crippen molar-refractivity contribution < 1.29 is 14.4 Å². The van der Waals surface area contributed by atoms with Crippen molar-refractivity contribution in [2.75, 3.05) is 11.9 Å². The molecule has 5 heteroatoms. The Kier molecular flexibility index (Phi) is 4.46. The highest BCUT2D eigenvalue weighted by molar-refractivity contribution is 6.08. The topological polar surface area (TPSA) is 66.5 Å². The van der Waals surface area contributed by atoms with Gasteiger partial charge in [-0.3, -0.25) is 19.3 Å². The average Bonchev–Trinajstić information content (AvgIpc) is 2.81. The molecular formula is C18H22N2O3. The van der Waals surface area contributed by atoms with E-state index in [1.54, 1.807) is 0 Å². The normalized spacial score (nSPS) is 23.8.